The molecule has 0 aromatic heterocycles. The molecule has 1 aliphatic rings. The number of esters is 1. The van der Waals surface area contributed by atoms with Gasteiger partial charge in [-0.25, -0.2) is 0 Å². The lowest BCUT2D eigenvalue weighted by Gasteiger charge is -2.11. The molecule has 0 spiro atoms. The topological polar surface area (TPSA) is 61.6 Å². The summed E-state index contributed by atoms with van der Waals surface area (Å²) in [6.07, 6.45) is 1.61. The maximum Gasteiger partial charge on any atom is 0.322 e. The van der Waals surface area contributed by atoms with E-state index in [1.54, 1.807) is 0 Å². The smallest absolute Gasteiger partial charge is 0.322 e. The van der Waals surface area contributed by atoms with Gasteiger partial charge in [-0.3, -0.25) is 4.79 Å². The lowest BCUT2D eigenvalue weighted by molar-refractivity contribution is -0.146. The number of nitrogens with two attached hydrogens (primary N) is 1. The number of rotatable bonds is 4. The first-order chi connectivity index (χ1) is 6.24. The van der Waals surface area contributed by atoms with E-state index >= 15 is 0 Å². The molecule has 2 N–H and O–H groups in total. The van der Waals surface area contributed by atoms with E-state index in [0.29, 0.717) is 25.6 Å². The molecule has 4 heteroatoms. The van der Waals surface area contributed by atoms with Crippen molar-refractivity contribution in [2.24, 2.45) is 11.7 Å². The van der Waals surface area contributed by atoms with Crippen LogP contribution in [-0.4, -0.2) is 31.8 Å². The van der Waals surface area contributed by atoms with Crippen LogP contribution in [0.2, 0.25) is 0 Å². The average molecular weight is 187 g/mol. The van der Waals surface area contributed by atoms with Crippen molar-refractivity contribution in [2.45, 2.75) is 25.8 Å². The molecule has 0 bridgehead atoms. The van der Waals surface area contributed by atoms with Gasteiger partial charge < -0.3 is 15.2 Å². The van der Waals surface area contributed by atoms with Crippen molar-refractivity contribution in [3.63, 3.8) is 0 Å². The Balaban J connectivity index is 2.13. The normalized spacial score (nSPS) is 24.3. The summed E-state index contributed by atoms with van der Waals surface area (Å²) in [5, 5.41) is 0. The second-order valence-electron chi connectivity index (χ2n) is 3.37. The van der Waals surface area contributed by atoms with Crippen LogP contribution in [-0.2, 0) is 14.3 Å². The van der Waals surface area contributed by atoms with Gasteiger partial charge in [-0.05, 0) is 12.8 Å². The van der Waals surface area contributed by atoms with E-state index in [9.17, 15) is 4.79 Å². The van der Waals surface area contributed by atoms with Crippen molar-refractivity contribution in [2.75, 3.05) is 19.8 Å². The van der Waals surface area contributed by atoms with Crippen molar-refractivity contribution in [1.29, 1.82) is 0 Å². The minimum atomic E-state index is -0.470. The highest BCUT2D eigenvalue weighted by atomic mass is 16.5. The third kappa shape index (κ3) is 3.32. The first kappa shape index (κ1) is 10.5. The molecule has 2 atom stereocenters. The van der Waals surface area contributed by atoms with Crippen molar-refractivity contribution in [1.82, 2.24) is 0 Å². The maximum atomic E-state index is 11.1. The molecule has 0 radical (unpaired) electrons. The fourth-order valence-electron chi connectivity index (χ4n) is 1.19. The summed E-state index contributed by atoms with van der Waals surface area (Å²) in [6.45, 7) is 3.80. The monoisotopic (exact) mass is 187 g/mol. The fourth-order valence-corrected chi connectivity index (χ4v) is 1.19. The lowest BCUT2D eigenvalue weighted by Crippen LogP contribution is -2.32. The third-order valence-electron chi connectivity index (χ3n) is 2.23. The molecule has 1 unspecified atom stereocenters. The lowest BCUT2D eigenvalue weighted by atomic mass is 10.1. The van der Waals surface area contributed by atoms with E-state index in [-0.39, 0.29) is 5.97 Å². The highest BCUT2D eigenvalue weighted by Gasteiger charge is 2.19. The van der Waals surface area contributed by atoms with E-state index in [1.807, 2.05) is 6.92 Å². The highest BCUT2D eigenvalue weighted by Crippen LogP contribution is 2.12. The van der Waals surface area contributed by atoms with Gasteiger partial charge in [-0.2, -0.15) is 0 Å². The quantitative estimate of drug-likeness (QED) is 0.643. The summed E-state index contributed by atoms with van der Waals surface area (Å²) in [6, 6.07) is -0.470. The maximum absolute atomic E-state index is 11.1. The van der Waals surface area contributed by atoms with Crippen LogP contribution in [0.25, 0.3) is 0 Å². The minimum Gasteiger partial charge on any atom is -0.464 e. The number of hydrogen-bond donors (Lipinski definition) is 1. The van der Waals surface area contributed by atoms with Crippen LogP contribution in [0.3, 0.4) is 0 Å². The second kappa shape index (κ2) is 5.19. The van der Waals surface area contributed by atoms with Crippen molar-refractivity contribution >= 4 is 5.97 Å². The summed E-state index contributed by atoms with van der Waals surface area (Å²) in [7, 11) is 0. The molecule has 76 valence electrons. The zero-order valence-electron chi connectivity index (χ0n) is 7.99. The minimum absolute atomic E-state index is 0.297. The Labute approximate surface area is 78.4 Å². The molecule has 13 heavy (non-hydrogen) atoms. The van der Waals surface area contributed by atoms with Gasteiger partial charge in [-0.1, -0.05) is 6.92 Å². The van der Waals surface area contributed by atoms with Gasteiger partial charge >= 0.3 is 5.97 Å². The molecular weight excluding hydrogens is 170 g/mol. The molecule has 1 saturated heterocycles. The van der Waals surface area contributed by atoms with Crippen LogP contribution >= 0.6 is 0 Å². The van der Waals surface area contributed by atoms with E-state index in [1.165, 1.54) is 0 Å². The summed E-state index contributed by atoms with van der Waals surface area (Å²) >= 11 is 0. The first-order valence-electron chi connectivity index (χ1n) is 4.74. The SMILES string of the molecule is CC[C@@H](N)C(=O)OCC1CCOC1. The van der Waals surface area contributed by atoms with E-state index in [4.69, 9.17) is 15.2 Å². The van der Waals surface area contributed by atoms with Gasteiger partial charge in [0.1, 0.15) is 6.04 Å². The Morgan fingerprint density at radius 2 is 2.54 bits per heavy atom. The molecule has 1 fully saturated rings. The van der Waals surface area contributed by atoms with Gasteiger partial charge in [0.05, 0.1) is 13.2 Å². The van der Waals surface area contributed by atoms with Crippen molar-refractivity contribution in [3.05, 3.63) is 0 Å². The molecule has 0 aromatic carbocycles. The van der Waals surface area contributed by atoms with Gasteiger partial charge in [0.15, 0.2) is 0 Å². The largest absolute Gasteiger partial charge is 0.464 e. The molecule has 0 saturated carbocycles. The predicted molar refractivity (Wildman–Crippen MR) is 48.2 cm³/mol. The van der Waals surface area contributed by atoms with Crippen LogP contribution < -0.4 is 5.73 Å². The standard InChI is InChI=1S/C9H17NO3/c1-2-8(10)9(11)13-6-7-3-4-12-5-7/h7-8H,2-6,10H2,1H3/t7?,8-/m1/s1. The van der Waals surface area contributed by atoms with Crippen LogP contribution in [0.15, 0.2) is 0 Å². The Bertz CT molecular complexity index is 166. The van der Waals surface area contributed by atoms with Crippen molar-refractivity contribution in [3.8, 4) is 0 Å². The first-order valence-corrected chi connectivity index (χ1v) is 4.74. The number of carbonyl (C=O) groups excluding carboxylic acids is 1. The summed E-state index contributed by atoms with van der Waals surface area (Å²) in [5.74, 6) is 0.0717. The highest BCUT2D eigenvalue weighted by molar-refractivity contribution is 5.75. The van der Waals surface area contributed by atoms with E-state index < -0.39 is 6.04 Å². The zero-order chi connectivity index (χ0) is 9.68. The summed E-state index contributed by atoms with van der Waals surface area (Å²) < 4.78 is 10.2. The van der Waals surface area contributed by atoms with Crippen LogP contribution in [0.4, 0.5) is 0 Å². The van der Waals surface area contributed by atoms with Crippen LogP contribution in [0.5, 0.6) is 0 Å². The van der Waals surface area contributed by atoms with Crippen LogP contribution in [0, 0.1) is 5.92 Å². The number of carbonyl (C=O) groups is 1. The number of hydrogen-bond acceptors (Lipinski definition) is 4. The number of ether oxygens (including phenoxy) is 2. The molecule has 0 amide bonds. The van der Waals surface area contributed by atoms with Gasteiger partial charge in [-0.15, -0.1) is 0 Å². The van der Waals surface area contributed by atoms with Gasteiger partial charge in [0.2, 0.25) is 0 Å². The van der Waals surface area contributed by atoms with Gasteiger partial charge in [0, 0.05) is 12.5 Å². The van der Waals surface area contributed by atoms with Crippen LogP contribution in [0.1, 0.15) is 19.8 Å². The molecule has 1 aliphatic heterocycles. The Morgan fingerprint density at radius 1 is 1.77 bits per heavy atom. The average Bonchev–Trinajstić information content (AvgIpc) is 2.65. The van der Waals surface area contributed by atoms with Crippen molar-refractivity contribution < 1.29 is 14.3 Å². The summed E-state index contributed by atoms with van der Waals surface area (Å²) in [4.78, 5) is 11.1. The molecule has 1 rings (SSSR count). The summed E-state index contributed by atoms with van der Waals surface area (Å²) in [5.41, 5.74) is 5.50. The fraction of sp³-hybridized carbons (Fsp3) is 0.889. The third-order valence-corrected chi connectivity index (χ3v) is 2.23. The van der Waals surface area contributed by atoms with E-state index in [0.717, 1.165) is 13.0 Å². The Hall–Kier alpha value is -0.610. The molecule has 0 aliphatic carbocycles. The molecule has 1 heterocycles. The van der Waals surface area contributed by atoms with E-state index in [2.05, 4.69) is 0 Å². The Kier molecular flexibility index (Phi) is 4.18. The van der Waals surface area contributed by atoms with Gasteiger partial charge in [0.25, 0.3) is 0 Å². The molecule has 0 aromatic rings. The molecule has 4 nitrogen and oxygen atoms in total. The second-order valence-corrected chi connectivity index (χ2v) is 3.37. The Morgan fingerprint density at radius 3 is 3.08 bits per heavy atom. The predicted octanol–water partition coefficient (Wildman–Crippen LogP) is 0.303. The zero-order valence-corrected chi connectivity index (χ0v) is 7.99. The molecular formula is C9H17NO3.